The molecule has 0 saturated heterocycles. The molecule has 0 spiro atoms. The Morgan fingerprint density at radius 3 is 1.80 bits per heavy atom. The van der Waals surface area contributed by atoms with Crippen molar-refractivity contribution in [1.82, 2.24) is 0 Å². The molecule has 0 aromatic carbocycles. The molecule has 0 unspecified atom stereocenters. The second-order valence-corrected chi connectivity index (χ2v) is 4.41. The van der Waals surface area contributed by atoms with E-state index in [1.165, 1.54) is 32.1 Å². The molecule has 0 bridgehead atoms. The highest BCUT2D eigenvalue weighted by Gasteiger charge is 2.09. The number of hydrogen-bond acceptors (Lipinski definition) is 2. The fourth-order valence-electron chi connectivity index (χ4n) is 2.10. The lowest BCUT2D eigenvalue weighted by atomic mass is 9.97. The van der Waals surface area contributed by atoms with Gasteiger partial charge in [0.2, 0.25) is 0 Å². The normalized spacial score (nSPS) is 24.5. The molecule has 1 aliphatic carbocycles. The van der Waals surface area contributed by atoms with E-state index in [9.17, 15) is 4.79 Å². The first-order valence-corrected chi connectivity index (χ1v) is 6.21. The number of ketones is 1. The Morgan fingerprint density at radius 2 is 1.27 bits per heavy atom. The van der Waals surface area contributed by atoms with Crippen molar-refractivity contribution in [2.75, 3.05) is 0 Å². The molecule has 1 rings (SSSR count). The minimum atomic E-state index is 0.151. The molecule has 2 heteroatoms. The number of aliphatic hydroxyl groups is 1. The number of carbonyl (C=O) groups is 1. The Balaban J connectivity index is 2.41. The van der Waals surface area contributed by atoms with Gasteiger partial charge in [-0.25, -0.2) is 0 Å². The van der Waals surface area contributed by atoms with Gasteiger partial charge in [0.1, 0.15) is 0 Å². The van der Waals surface area contributed by atoms with E-state index in [1.54, 1.807) is 0 Å². The summed E-state index contributed by atoms with van der Waals surface area (Å²) in [6, 6.07) is 0. The highest BCUT2D eigenvalue weighted by Crippen LogP contribution is 2.17. The third-order valence-electron chi connectivity index (χ3n) is 3.11. The molecule has 1 N–H and O–H groups in total. The number of aliphatic hydroxyl groups excluding tert-OH is 1. The van der Waals surface area contributed by atoms with Crippen LogP contribution in [0.2, 0.25) is 0 Å². The van der Waals surface area contributed by atoms with E-state index in [0.29, 0.717) is 12.0 Å². The maximum absolute atomic E-state index is 11.6. The van der Waals surface area contributed by atoms with E-state index in [0.717, 1.165) is 31.9 Å². The standard InChI is InChI=1S/C13H22O2/c14-11-12-9-7-5-3-1-2-4-6-8-10-13(12)15/h11,14H,1-10H2/b12-11+. The minimum absolute atomic E-state index is 0.151. The molecule has 1 aliphatic rings. The minimum Gasteiger partial charge on any atom is -0.515 e. The lowest BCUT2D eigenvalue weighted by Gasteiger charge is -2.08. The summed E-state index contributed by atoms with van der Waals surface area (Å²) in [4.78, 5) is 11.6. The fraction of sp³-hybridized carbons (Fsp3) is 0.769. The van der Waals surface area contributed by atoms with Crippen molar-refractivity contribution in [3.8, 4) is 0 Å². The molecule has 1 saturated carbocycles. The SMILES string of the molecule is O=C1CCCCCCCCCC/C1=C\O. The van der Waals surface area contributed by atoms with Gasteiger partial charge in [-0.3, -0.25) is 4.79 Å². The molecule has 1 fully saturated rings. The van der Waals surface area contributed by atoms with Gasteiger partial charge in [0.05, 0.1) is 6.26 Å². The molecule has 0 radical (unpaired) electrons. The van der Waals surface area contributed by atoms with Gasteiger partial charge in [0.25, 0.3) is 0 Å². The highest BCUT2D eigenvalue weighted by atomic mass is 16.2. The summed E-state index contributed by atoms with van der Waals surface area (Å²) in [5.41, 5.74) is 0.635. The quantitative estimate of drug-likeness (QED) is 0.486. The van der Waals surface area contributed by atoms with Crippen molar-refractivity contribution in [3.63, 3.8) is 0 Å². The summed E-state index contributed by atoms with van der Waals surface area (Å²) in [5, 5.41) is 8.98. The molecule has 0 aromatic heterocycles. The summed E-state index contributed by atoms with van der Waals surface area (Å²) in [5.74, 6) is 0.151. The zero-order chi connectivity index (χ0) is 10.9. The van der Waals surface area contributed by atoms with Crippen LogP contribution in [0, 0.1) is 0 Å². The topological polar surface area (TPSA) is 37.3 Å². The summed E-state index contributed by atoms with van der Waals surface area (Å²) in [7, 11) is 0. The predicted octanol–water partition coefficient (Wildman–Crippen LogP) is 3.91. The van der Waals surface area contributed by atoms with Crippen LogP contribution >= 0.6 is 0 Å². The first-order chi connectivity index (χ1) is 7.34. The average molecular weight is 210 g/mol. The molecule has 0 heterocycles. The van der Waals surface area contributed by atoms with Crippen molar-refractivity contribution >= 4 is 5.78 Å². The molecule has 0 atom stereocenters. The van der Waals surface area contributed by atoms with E-state index < -0.39 is 0 Å². The number of carbonyl (C=O) groups excluding carboxylic acids is 1. The third kappa shape index (κ3) is 5.01. The van der Waals surface area contributed by atoms with Crippen LogP contribution in [0.25, 0.3) is 0 Å². The lowest BCUT2D eigenvalue weighted by molar-refractivity contribution is -0.116. The zero-order valence-electron chi connectivity index (χ0n) is 9.50. The number of hydrogen-bond donors (Lipinski definition) is 1. The molecule has 15 heavy (non-hydrogen) atoms. The van der Waals surface area contributed by atoms with Crippen molar-refractivity contribution in [2.24, 2.45) is 0 Å². The zero-order valence-corrected chi connectivity index (χ0v) is 9.50. The van der Waals surface area contributed by atoms with E-state index in [2.05, 4.69) is 0 Å². The van der Waals surface area contributed by atoms with E-state index in [4.69, 9.17) is 5.11 Å². The molecular formula is C13H22O2. The van der Waals surface area contributed by atoms with Crippen LogP contribution in [-0.4, -0.2) is 10.9 Å². The van der Waals surface area contributed by atoms with Gasteiger partial charge in [-0.05, 0) is 19.3 Å². The smallest absolute Gasteiger partial charge is 0.161 e. The van der Waals surface area contributed by atoms with Gasteiger partial charge >= 0.3 is 0 Å². The van der Waals surface area contributed by atoms with E-state index in [-0.39, 0.29) is 5.78 Å². The Labute approximate surface area is 92.4 Å². The molecule has 0 aliphatic heterocycles. The number of allylic oxidation sites excluding steroid dienone is 1. The fourth-order valence-corrected chi connectivity index (χ4v) is 2.10. The summed E-state index contributed by atoms with van der Waals surface area (Å²) in [6.07, 6.45) is 11.9. The summed E-state index contributed by atoms with van der Waals surface area (Å²) < 4.78 is 0. The molecule has 2 nitrogen and oxygen atoms in total. The maximum Gasteiger partial charge on any atom is 0.161 e. The Morgan fingerprint density at radius 1 is 0.800 bits per heavy atom. The molecule has 86 valence electrons. The van der Waals surface area contributed by atoms with Gasteiger partial charge in [-0.15, -0.1) is 0 Å². The largest absolute Gasteiger partial charge is 0.515 e. The van der Waals surface area contributed by atoms with Crippen molar-refractivity contribution < 1.29 is 9.90 Å². The van der Waals surface area contributed by atoms with Crippen molar-refractivity contribution in [1.29, 1.82) is 0 Å². The first-order valence-electron chi connectivity index (χ1n) is 6.21. The maximum atomic E-state index is 11.6. The molecule has 0 amide bonds. The van der Waals surface area contributed by atoms with Crippen LogP contribution in [0.5, 0.6) is 0 Å². The predicted molar refractivity (Wildman–Crippen MR) is 61.9 cm³/mol. The van der Waals surface area contributed by atoms with Crippen LogP contribution in [-0.2, 0) is 4.79 Å². The molecule has 0 aromatic rings. The number of Topliss-reactive ketones (excluding diaryl/α,β-unsaturated/α-hetero) is 1. The highest BCUT2D eigenvalue weighted by molar-refractivity contribution is 5.94. The average Bonchev–Trinajstić information content (AvgIpc) is 2.23. The lowest BCUT2D eigenvalue weighted by Crippen LogP contribution is -2.03. The van der Waals surface area contributed by atoms with Crippen molar-refractivity contribution in [3.05, 3.63) is 11.8 Å². The van der Waals surface area contributed by atoms with Gasteiger partial charge < -0.3 is 5.11 Å². The van der Waals surface area contributed by atoms with E-state index >= 15 is 0 Å². The number of rotatable bonds is 0. The second kappa shape index (κ2) is 7.49. The first kappa shape index (κ1) is 12.3. The molecular weight excluding hydrogens is 188 g/mol. The van der Waals surface area contributed by atoms with E-state index in [1.807, 2.05) is 0 Å². The summed E-state index contributed by atoms with van der Waals surface area (Å²) >= 11 is 0. The Kier molecular flexibility index (Phi) is 6.14. The van der Waals surface area contributed by atoms with Gasteiger partial charge in [-0.2, -0.15) is 0 Å². The van der Waals surface area contributed by atoms with Crippen LogP contribution < -0.4 is 0 Å². The third-order valence-corrected chi connectivity index (χ3v) is 3.11. The van der Waals surface area contributed by atoms with Crippen LogP contribution in [0.4, 0.5) is 0 Å². The van der Waals surface area contributed by atoms with Crippen LogP contribution in [0.1, 0.15) is 64.2 Å². The second-order valence-electron chi connectivity index (χ2n) is 4.41. The van der Waals surface area contributed by atoms with Gasteiger partial charge in [-0.1, -0.05) is 38.5 Å². The monoisotopic (exact) mass is 210 g/mol. The van der Waals surface area contributed by atoms with Crippen LogP contribution in [0.15, 0.2) is 11.8 Å². The van der Waals surface area contributed by atoms with Crippen LogP contribution in [0.3, 0.4) is 0 Å². The van der Waals surface area contributed by atoms with Crippen molar-refractivity contribution in [2.45, 2.75) is 64.2 Å². The Bertz CT molecular complexity index is 219. The Hall–Kier alpha value is -0.790. The van der Waals surface area contributed by atoms with Gasteiger partial charge in [0.15, 0.2) is 5.78 Å². The van der Waals surface area contributed by atoms with Gasteiger partial charge in [0, 0.05) is 12.0 Å². The summed E-state index contributed by atoms with van der Waals surface area (Å²) in [6.45, 7) is 0.